The summed E-state index contributed by atoms with van der Waals surface area (Å²) in [6, 6.07) is 28.1. The Balaban J connectivity index is 1.81. The van der Waals surface area contributed by atoms with Crippen molar-refractivity contribution in [1.29, 1.82) is 0 Å². The van der Waals surface area contributed by atoms with Crippen molar-refractivity contribution in [3.63, 3.8) is 0 Å². The van der Waals surface area contributed by atoms with Crippen molar-refractivity contribution < 1.29 is 22.4 Å². The summed E-state index contributed by atoms with van der Waals surface area (Å²) in [5, 5.41) is 2.98. The zero-order valence-electron chi connectivity index (χ0n) is 23.7. The first-order valence-corrected chi connectivity index (χ1v) is 15.7. The number of para-hydroxylation sites is 1. The third-order valence-electron chi connectivity index (χ3n) is 6.85. The minimum Gasteiger partial charge on any atom is -0.354 e. The summed E-state index contributed by atoms with van der Waals surface area (Å²) in [5.74, 6) is -1.67. The number of nitrogens with one attached hydrogen (secondary N) is 1. The molecule has 4 aromatic carbocycles. The molecule has 0 radical (unpaired) electrons. The molecular formula is C33H33ClFN3O4S. The number of sulfonamides is 1. The molecule has 0 unspecified atom stereocenters. The van der Waals surface area contributed by atoms with Crippen LogP contribution in [0.25, 0.3) is 0 Å². The molecule has 2 amide bonds. The summed E-state index contributed by atoms with van der Waals surface area (Å²) < 4.78 is 43.8. The summed E-state index contributed by atoms with van der Waals surface area (Å²) in [6.07, 6.45) is 0.800. The molecule has 0 heterocycles. The first-order valence-electron chi connectivity index (χ1n) is 13.9. The van der Waals surface area contributed by atoms with Gasteiger partial charge in [0, 0.05) is 25.1 Å². The molecule has 0 aromatic heterocycles. The van der Waals surface area contributed by atoms with Crippen molar-refractivity contribution in [2.45, 2.75) is 37.2 Å². The second kappa shape index (κ2) is 14.8. The highest BCUT2D eigenvalue weighted by molar-refractivity contribution is 7.92. The highest BCUT2D eigenvalue weighted by Crippen LogP contribution is 2.31. The number of halogens is 2. The smallest absolute Gasteiger partial charge is 0.264 e. The van der Waals surface area contributed by atoms with Gasteiger partial charge in [-0.3, -0.25) is 13.9 Å². The molecule has 0 aliphatic carbocycles. The Hall–Kier alpha value is -4.21. The van der Waals surface area contributed by atoms with E-state index in [1.54, 1.807) is 36.4 Å². The van der Waals surface area contributed by atoms with Gasteiger partial charge >= 0.3 is 0 Å². The molecule has 4 rings (SSSR count). The molecule has 43 heavy (non-hydrogen) atoms. The van der Waals surface area contributed by atoms with Crippen molar-refractivity contribution in [2.24, 2.45) is 0 Å². The van der Waals surface area contributed by atoms with Crippen LogP contribution in [0.2, 0.25) is 5.02 Å². The fourth-order valence-electron chi connectivity index (χ4n) is 4.62. The summed E-state index contributed by atoms with van der Waals surface area (Å²) in [6.45, 7) is 1.34. The molecule has 0 aliphatic heterocycles. The van der Waals surface area contributed by atoms with E-state index in [1.807, 2.05) is 37.3 Å². The first-order chi connectivity index (χ1) is 20.7. The zero-order valence-corrected chi connectivity index (χ0v) is 25.3. The Labute approximate surface area is 257 Å². The van der Waals surface area contributed by atoms with Crippen molar-refractivity contribution in [1.82, 2.24) is 10.2 Å². The van der Waals surface area contributed by atoms with Crippen molar-refractivity contribution in [3.8, 4) is 0 Å². The van der Waals surface area contributed by atoms with Gasteiger partial charge < -0.3 is 10.2 Å². The Kier molecular flexibility index (Phi) is 10.9. The number of hydrogen-bond donors (Lipinski definition) is 1. The number of amides is 2. The maximum Gasteiger partial charge on any atom is 0.264 e. The predicted octanol–water partition coefficient (Wildman–Crippen LogP) is 5.84. The standard InChI is InChI=1S/C33H33ClFN3O4S/c1-2-21-36-33(40)31(22-25-13-5-3-6-14-25)37(23-26-15-9-11-19-29(26)35)32(39)24-38(30-20-12-10-18-28(30)34)43(41,42)27-16-7-4-8-17-27/h3-20,31H,2,21-24H2,1H3,(H,36,40)/t31-/m0/s1. The third kappa shape index (κ3) is 8.00. The monoisotopic (exact) mass is 621 g/mol. The van der Waals surface area contributed by atoms with Gasteiger partial charge in [0.1, 0.15) is 18.4 Å². The van der Waals surface area contributed by atoms with Gasteiger partial charge in [-0.05, 0) is 42.3 Å². The number of nitrogens with zero attached hydrogens (tertiary/aromatic N) is 2. The minimum absolute atomic E-state index is 0.0371. The normalized spacial score (nSPS) is 11.9. The van der Waals surface area contributed by atoms with Crippen LogP contribution in [0.4, 0.5) is 10.1 Å². The Morgan fingerprint density at radius 2 is 1.47 bits per heavy atom. The number of carbonyl (C=O) groups excluding carboxylic acids is 2. The molecule has 1 atom stereocenters. The molecule has 4 aromatic rings. The zero-order chi connectivity index (χ0) is 30.8. The van der Waals surface area contributed by atoms with Gasteiger partial charge in [-0.1, -0.05) is 97.4 Å². The summed E-state index contributed by atoms with van der Waals surface area (Å²) in [5.41, 5.74) is 1.07. The number of benzene rings is 4. The van der Waals surface area contributed by atoms with Crippen LogP contribution in [0, 0.1) is 5.82 Å². The maximum atomic E-state index is 14.9. The lowest BCUT2D eigenvalue weighted by Crippen LogP contribution is -2.53. The van der Waals surface area contributed by atoms with Crippen LogP contribution in [0.15, 0.2) is 114 Å². The van der Waals surface area contributed by atoms with Crippen LogP contribution < -0.4 is 9.62 Å². The van der Waals surface area contributed by atoms with E-state index in [4.69, 9.17) is 11.6 Å². The molecule has 7 nitrogen and oxygen atoms in total. The molecule has 0 bridgehead atoms. The van der Waals surface area contributed by atoms with Gasteiger partial charge in [0.25, 0.3) is 10.0 Å². The molecule has 0 spiro atoms. The lowest BCUT2D eigenvalue weighted by Gasteiger charge is -2.34. The van der Waals surface area contributed by atoms with E-state index in [1.165, 1.54) is 47.4 Å². The van der Waals surface area contributed by atoms with Gasteiger partial charge in [0.2, 0.25) is 11.8 Å². The average molecular weight is 622 g/mol. The van der Waals surface area contributed by atoms with Crippen LogP contribution in [0.1, 0.15) is 24.5 Å². The summed E-state index contributed by atoms with van der Waals surface area (Å²) in [4.78, 5) is 29.1. The molecule has 0 fully saturated rings. The highest BCUT2D eigenvalue weighted by Gasteiger charge is 2.35. The van der Waals surface area contributed by atoms with Gasteiger partial charge in [-0.2, -0.15) is 0 Å². The van der Waals surface area contributed by atoms with Crippen molar-refractivity contribution in [2.75, 3.05) is 17.4 Å². The highest BCUT2D eigenvalue weighted by atomic mass is 35.5. The van der Waals surface area contributed by atoms with E-state index in [9.17, 15) is 22.4 Å². The van der Waals surface area contributed by atoms with Gasteiger partial charge in [-0.25, -0.2) is 12.8 Å². The van der Waals surface area contributed by atoms with Crippen LogP contribution in [-0.4, -0.2) is 44.3 Å². The van der Waals surface area contributed by atoms with Crippen LogP contribution >= 0.6 is 11.6 Å². The Morgan fingerprint density at radius 1 is 0.860 bits per heavy atom. The van der Waals surface area contributed by atoms with E-state index in [0.29, 0.717) is 13.0 Å². The average Bonchev–Trinajstić information content (AvgIpc) is 3.02. The maximum absolute atomic E-state index is 14.9. The predicted molar refractivity (Wildman–Crippen MR) is 167 cm³/mol. The number of anilines is 1. The lowest BCUT2D eigenvalue weighted by atomic mass is 10.0. The lowest BCUT2D eigenvalue weighted by molar-refractivity contribution is -0.140. The summed E-state index contributed by atoms with van der Waals surface area (Å²) in [7, 11) is -4.28. The molecular weight excluding hydrogens is 589 g/mol. The third-order valence-corrected chi connectivity index (χ3v) is 8.94. The number of carbonyl (C=O) groups is 2. The fraction of sp³-hybridized carbons (Fsp3) is 0.212. The van der Waals surface area contributed by atoms with Crippen molar-refractivity contribution >= 4 is 39.1 Å². The van der Waals surface area contributed by atoms with E-state index in [-0.39, 0.29) is 34.1 Å². The Morgan fingerprint density at radius 3 is 2.12 bits per heavy atom. The molecule has 0 saturated carbocycles. The Bertz CT molecular complexity index is 1640. The molecule has 224 valence electrons. The molecule has 1 N–H and O–H groups in total. The topological polar surface area (TPSA) is 86.8 Å². The van der Waals surface area contributed by atoms with Crippen LogP contribution in [-0.2, 0) is 32.6 Å². The second-order valence-corrected chi connectivity index (χ2v) is 12.2. The van der Waals surface area contributed by atoms with Gasteiger partial charge in [-0.15, -0.1) is 0 Å². The van der Waals surface area contributed by atoms with E-state index in [0.717, 1.165) is 9.87 Å². The number of rotatable bonds is 13. The van der Waals surface area contributed by atoms with Gasteiger partial charge in [0.15, 0.2) is 0 Å². The summed E-state index contributed by atoms with van der Waals surface area (Å²) >= 11 is 6.46. The number of hydrogen-bond acceptors (Lipinski definition) is 4. The molecule has 0 saturated heterocycles. The second-order valence-electron chi connectivity index (χ2n) is 9.89. The van der Waals surface area contributed by atoms with Gasteiger partial charge in [0.05, 0.1) is 15.6 Å². The minimum atomic E-state index is -4.28. The quantitative estimate of drug-likeness (QED) is 0.203. The van der Waals surface area contributed by atoms with E-state index >= 15 is 0 Å². The molecule has 0 aliphatic rings. The van der Waals surface area contributed by atoms with Crippen molar-refractivity contribution in [3.05, 3.63) is 131 Å². The van der Waals surface area contributed by atoms with E-state index < -0.39 is 40.2 Å². The van der Waals surface area contributed by atoms with E-state index in [2.05, 4.69) is 5.32 Å². The SMILES string of the molecule is CCCNC(=O)[C@H](Cc1ccccc1)N(Cc1ccccc1F)C(=O)CN(c1ccccc1Cl)S(=O)(=O)c1ccccc1. The molecule has 10 heteroatoms. The van der Waals surface area contributed by atoms with Crippen LogP contribution in [0.3, 0.4) is 0 Å². The largest absolute Gasteiger partial charge is 0.354 e. The van der Waals surface area contributed by atoms with Crippen LogP contribution in [0.5, 0.6) is 0 Å². The fourth-order valence-corrected chi connectivity index (χ4v) is 6.36. The first kappa shape index (κ1) is 31.7.